The van der Waals surface area contributed by atoms with Crippen molar-refractivity contribution in [1.82, 2.24) is 25.0 Å². The highest BCUT2D eigenvalue weighted by atomic mass is 16.5. The van der Waals surface area contributed by atoms with Crippen LogP contribution in [0.5, 0.6) is 0 Å². The lowest BCUT2D eigenvalue weighted by atomic mass is 10.00. The van der Waals surface area contributed by atoms with Crippen LogP contribution < -0.4 is 0 Å². The van der Waals surface area contributed by atoms with Gasteiger partial charge < -0.3 is 9.64 Å². The summed E-state index contributed by atoms with van der Waals surface area (Å²) in [6.45, 7) is 8.11. The number of nitrogens with one attached hydrogen (secondary N) is 1. The molecule has 0 saturated carbocycles. The van der Waals surface area contributed by atoms with Crippen molar-refractivity contribution in [1.29, 1.82) is 0 Å². The van der Waals surface area contributed by atoms with E-state index in [1.165, 1.54) is 6.42 Å². The van der Waals surface area contributed by atoms with Gasteiger partial charge in [0.1, 0.15) is 11.9 Å². The summed E-state index contributed by atoms with van der Waals surface area (Å²) >= 11 is 0. The van der Waals surface area contributed by atoms with Crippen LogP contribution in [0.1, 0.15) is 63.7 Å². The number of aryl methyl sites for hydroxylation is 1. The maximum Gasteiger partial charge on any atom is 0.240 e. The largest absolute Gasteiger partial charge is 0.366 e. The molecule has 140 valence electrons. The molecule has 0 radical (unpaired) electrons. The van der Waals surface area contributed by atoms with Crippen molar-refractivity contribution in [3.8, 4) is 0 Å². The fourth-order valence-electron chi connectivity index (χ4n) is 3.84. The first kappa shape index (κ1) is 18.3. The average molecular weight is 349 g/mol. The number of nitrogens with zero attached hydrogens (tertiary/aromatic N) is 4. The topological polar surface area (TPSA) is 74.3 Å². The number of carbonyl (C=O) groups is 1. The Labute approximate surface area is 150 Å². The summed E-state index contributed by atoms with van der Waals surface area (Å²) in [6.07, 6.45) is 6.10. The molecule has 2 fully saturated rings. The molecule has 1 aromatic rings. The molecule has 7 heteroatoms. The van der Waals surface area contributed by atoms with E-state index in [1.54, 1.807) is 0 Å². The van der Waals surface area contributed by atoms with Crippen LogP contribution in [0.4, 0.5) is 0 Å². The minimum atomic E-state index is -0.220. The number of hydrogen-bond donors (Lipinski definition) is 1. The smallest absolute Gasteiger partial charge is 0.240 e. The lowest BCUT2D eigenvalue weighted by molar-refractivity contribution is -0.146. The Kier molecular flexibility index (Phi) is 6.42. The molecule has 0 aliphatic carbocycles. The van der Waals surface area contributed by atoms with E-state index in [0.29, 0.717) is 25.5 Å². The number of aromatic amines is 1. The zero-order chi connectivity index (χ0) is 17.6. The van der Waals surface area contributed by atoms with Gasteiger partial charge in [-0.3, -0.25) is 14.8 Å². The van der Waals surface area contributed by atoms with E-state index in [4.69, 9.17) is 4.74 Å². The van der Waals surface area contributed by atoms with E-state index >= 15 is 0 Å². The van der Waals surface area contributed by atoms with Gasteiger partial charge >= 0.3 is 0 Å². The maximum atomic E-state index is 13.1. The fraction of sp³-hybridized carbons (Fsp3) is 0.833. The summed E-state index contributed by atoms with van der Waals surface area (Å²) in [5.41, 5.74) is 0. The van der Waals surface area contributed by atoms with Crippen molar-refractivity contribution >= 4 is 5.91 Å². The number of amides is 1. The van der Waals surface area contributed by atoms with Crippen LogP contribution in [-0.2, 0) is 16.0 Å². The van der Waals surface area contributed by atoms with E-state index in [2.05, 4.69) is 33.9 Å². The van der Waals surface area contributed by atoms with Crippen molar-refractivity contribution in [3.63, 3.8) is 0 Å². The van der Waals surface area contributed by atoms with Crippen LogP contribution in [0, 0.1) is 0 Å². The second kappa shape index (κ2) is 8.76. The van der Waals surface area contributed by atoms with E-state index in [9.17, 15) is 4.79 Å². The molecule has 1 aromatic heterocycles. The third kappa shape index (κ3) is 4.39. The van der Waals surface area contributed by atoms with Gasteiger partial charge in [0, 0.05) is 13.0 Å². The van der Waals surface area contributed by atoms with Gasteiger partial charge in [-0.15, -0.1) is 0 Å². The van der Waals surface area contributed by atoms with E-state index in [-0.39, 0.29) is 18.1 Å². The lowest BCUT2D eigenvalue weighted by Crippen LogP contribution is -2.54. The Morgan fingerprint density at radius 1 is 1.28 bits per heavy atom. The molecule has 3 rings (SSSR count). The maximum absolute atomic E-state index is 13.1. The number of aromatic nitrogens is 3. The summed E-state index contributed by atoms with van der Waals surface area (Å²) < 4.78 is 5.85. The Morgan fingerprint density at radius 2 is 2.16 bits per heavy atom. The molecule has 2 unspecified atom stereocenters. The van der Waals surface area contributed by atoms with Crippen molar-refractivity contribution in [2.45, 2.75) is 64.5 Å². The second-order valence-corrected chi connectivity index (χ2v) is 7.08. The fourth-order valence-corrected chi connectivity index (χ4v) is 3.84. The summed E-state index contributed by atoms with van der Waals surface area (Å²) in [4.78, 5) is 22.0. The standard InChI is InChI=1S/C18H31N5O2/c1-3-7-16-19-17(21-20-16)15-13-23(11-12-25-15)18(24)14-8-5-6-10-22(14)9-4-2/h14-15H,3-13H2,1-2H3,(H,19,20,21). The monoisotopic (exact) mass is 349 g/mol. The average Bonchev–Trinajstić information content (AvgIpc) is 3.11. The highest BCUT2D eigenvalue weighted by molar-refractivity contribution is 5.82. The first-order valence-electron chi connectivity index (χ1n) is 9.78. The van der Waals surface area contributed by atoms with Crippen molar-refractivity contribution in [3.05, 3.63) is 11.6 Å². The molecule has 1 amide bonds. The highest BCUT2D eigenvalue weighted by Crippen LogP contribution is 2.24. The quantitative estimate of drug-likeness (QED) is 0.849. The van der Waals surface area contributed by atoms with Crippen molar-refractivity contribution in [2.75, 3.05) is 32.8 Å². The summed E-state index contributed by atoms with van der Waals surface area (Å²) in [6, 6.07) is 0.0373. The zero-order valence-electron chi connectivity index (χ0n) is 15.5. The van der Waals surface area contributed by atoms with Gasteiger partial charge in [0.05, 0.1) is 19.2 Å². The number of morpholine rings is 1. The molecular formula is C18H31N5O2. The summed E-state index contributed by atoms with van der Waals surface area (Å²) in [5, 5.41) is 7.28. The second-order valence-electron chi connectivity index (χ2n) is 7.08. The molecule has 1 N–H and O–H groups in total. The molecule has 2 atom stereocenters. The number of likely N-dealkylation sites (tertiary alicyclic amines) is 1. The van der Waals surface area contributed by atoms with E-state index in [0.717, 1.165) is 51.0 Å². The summed E-state index contributed by atoms with van der Waals surface area (Å²) in [7, 11) is 0. The third-order valence-electron chi connectivity index (χ3n) is 5.11. The molecule has 0 spiro atoms. The Hall–Kier alpha value is -1.47. The van der Waals surface area contributed by atoms with Crippen LogP contribution in [0.15, 0.2) is 0 Å². The van der Waals surface area contributed by atoms with Gasteiger partial charge in [0.2, 0.25) is 5.91 Å². The SMILES string of the molecule is CCCc1nc(C2CN(C(=O)C3CCCCN3CCC)CCO2)n[nH]1. The summed E-state index contributed by atoms with van der Waals surface area (Å²) in [5.74, 6) is 1.83. The molecule has 0 aromatic carbocycles. The first-order chi connectivity index (χ1) is 12.2. The minimum absolute atomic E-state index is 0.0373. The molecular weight excluding hydrogens is 318 g/mol. The van der Waals surface area contributed by atoms with Gasteiger partial charge in [-0.25, -0.2) is 4.98 Å². The number of rotatable bonds is 6. The highest BCUT2D eigenvalue weighted by Gasteiger charge is 2.35. The first-order valence-corrected chi connectivity index (χ1v) is 9.78. The number of H-pyrrole nitrogens is 1. The molecule has 2 aliphatic heterocycles. The number of ether oxygens (including phenoxy) is 1. The molecule has 25 heavy (non-hydrogen) atoms. The van der Waals surface area contributed by atoms with Crippen LogP contribution in [0.25, 0.3) is 0 Å². The molecule has 2 saturated heterocycles. The van der Waals surface area contributed by atoms with Gasteiger partial charge in [0.25, 0.3) is 0 Å². The van der Waals surface area contributed by atoms with Crippen molar-refractivity contribution in [2.24, 2.45) is 0 Å². The van der Waals surface area contributed by atoms with Crippen LogP contribution in [-0.4, -0.2) is 69.7 Å². The Morgan fingerprint density at radius 3 is 2.96 bits per heavy atom. The van der Waals surface area contributed by atoms with Gasteiger partial charge in [0.15, 0.2) is 5.82 Å². The Balaban J connectivity index is 1.64. The number of carbonyl (C=O) groups excluding carboxylic acids is 1. The van der Waals surface area contributed by atoms with Crippen molar-refractivity contribution < 1.29 is 9.53 Å². The minimum Gasteiger partial charge on any atom is -0.366 e. The van der Waals surface area contributed by atoms with E-state index < -0.39 is 0 Å². The van der Waals surface area contributed by atoms with Crippen LogP contribution >= 0.6 is 0 Å². The van der Waals surface area contributed by atoms with Gasteiger partial charge in [-0.2, -0.15) is 5.10 Å². The number of hydrogen-bond acceptors (Lipinski definition) is 5. The Bertz CT molecular complexity index is 559. The normalized spacial score (nSPS) is 25.3. The lowest BCUT2D eigenvalue weighted by Gasteiger charge is -2.39. The van der Waals surface area contributed by atoms with Gasteiger partial charge in [-0.1, -0.05) is 20.3 Å². The molecule has 3 heterocycles. The molecule has 2 aliphatic rings. The van der Waals surface area contributed by atoms with E-state index in [1.807, 2.05) is 4.90 Å². The predicted molar refractivity (Wildman–Crippen MR) is 95.2 cm³/mol. The van der Waals surface area contributed by atoms with Crippen LogP contribution in [0.3, 0.4) is 0 Å². The third-order valence-corrected chi connectivity index (χ3v) is 5.11. The molecule has 0 bridgehead atoms. The zero-order valence-corrected chi connectivity index (χ0v) is 15.5. The number of piperidine rings is 1. The molecule has 7 nitrogen and oxygen atoms in total. The van der Waals surface area contributed by atoms with Crippen LogP contribution in [0.2, 0.25) is 0 Å². The van der Waals surface area contributed by atoms with Gasteiger partial charge in [-0.05, 0) is 38.8 Å². The predicted octanol–water partition coefficient (Wildman–Crippen LogP) is 1.92.